The number of rotatable bonds is 7. The summed E-state index contributed by atoms with van der Waals surface area (Å²) < 4.78 is 5.30. The molecule has 0 aliphatic heterocycles. The Hall–Kier alpha value is -1.56. The molecule has 0 aliphatic rings. The molecular formula is C10H18N4O2. The lowest BCUT2D eigenvalue weighted by Gasteiger charge is -2.05. The van der Waals surface area contributed by atoms with Crippen LogP contribution < -0.4 is 11.1 Å². The zero-order valence-corrected chi connectivity index (χ0v) is 9.45. The smallest absolute Gasteiger partial charge is 0.271 e. The van der Waals surface area contributed by atoms with Crippen LogP contribution in [0.15, 0.2) is 6.20 Å². The molecule has 0 saturated carbocycles. The Balaban J connectivity index is 2.14. The molecule has 6 heteroatoms. The average molecular weight is 226 g/mol. The summed E-state index contributed by atoms with van der Waals surface area (Å²) >= 11 is 0. The van der Waals surface area contributed by atoms with Gasteiger partial charge in [0.15, 0.2) is 0 Å². The Kier molecular flexibility index (Phi) is 5.35. The second kappa shape index (κ2) is 6.84. The minimum Gasteiger partial charge on any atom is -0.396 e. The maximum atomic E-state index is 11.5. The highest BCUT2D eigenvalue weighted by Crippen LogP contribution is 2.04. The molecule has 0 bridgehead atoms. The molecule has 0 aromatic carbocycles. The third-order valence-electron chi connectivity index (χ3n) is 2.07. The number of carbonyl (C=O) groups excluding carboxylic acids is 1. The summed E-state index contributed by atoms with van der Waals surface area (Å²) in [5, 5.41) is 8.90. The first-order chi connectivity index (χ1) is 7.75. The number of anilines is 1. The first-order valence-corrected chi connectivity index (χ1v) is 5.40. The highest BCUT2D eigenvalue weighted by molar-refractivity contribution is 5.96. The monoisotopic (exact) mass is 226 g/mol. The molecule has 6 nitrogen and oxygen atoms in total. The fourth-order valence-electron chi connectivity index (χ4n) is 1.15. The highest BCUT2D eigenvalue weighted by atomic mass is 16.5. The summed E-state index contributed by atoms with van der Waals surface area (Å²) in [6, 6.07) is 0. The van der Waals surface area contributed by atoms with Gasteiger partial charge in [-0.1, -0.05) is 13.3 Å². The molecule has 1 aromatic rings. The number of amides is 1. The normalized spacial score (nSPS) is 10.3. The number of nitrogens with two attached hydrogens (primary N) is 1. The Morgan fingerprint density at radius 3 is 3.06 bits per heavy atom. The van der Waals surface area contributed by atoms with Gasteiger partial charge in [0.05, 0.1) is 18.5 Å². The zero-order chi connectivity index (χ0) is 11.8. The van der Waals surface area contributed by atoms with E-state index in [1.54, 1.807) is 0 Å². The Labute approximate surface area is 94.5 Å². The topological polar surface area (TPSA) is 93.0 Å². The molecule has 0 unspecified atom stereocenters. The van der Waals surface area contributed by atoms with E-state index in [-0.39, 0.29) is 5.91 Å². The van der Waals surface area contributed by atoms with Gasteiger partial charge in [-0.2, -0.15) is 5.10 Å². The van der Waals surface area contributed by atoms with Gasteiger partial charge in [0.1, 0.15) is 5.69 Å². The third kappa shape index (κ3) is 3.90. The summed E-state index contributed by atoms with van der Waals surface area (Å²) in [6.07, 6.45) is 3.56. The van der Waals surface area contributed by atoms with Crippen LogP contribution in [0.3, 0.4) is 0 Å². The molecule has 1 heterocycles. The van der Waals surface area contributed by atoms with Crippen LogP contribution in [-0.2, 0) is 4.74 Å². The van der Waals surface area contributed by atoms with E-state index in [2.05, 4.69) is 22.4 Å². The van der Waals surface area contributed by atoms with E-state index in [4.69, 9.17) is 10.5 Å². The Morgan fingerprint density at radius 2 is 2.44 bits per heavy atom. The molecule has 0 spiro atoms. The number of carbonyl (C=O) groups is 1. The zero-order valence-electron chi connectivity index (χ0n) is 9.45. The van der Waals surface area contributed by atoms with Crippen LogP contribution in [0.2, 0.25) is 0 Å². The predicted octanol–water partition coefficient (Wildman–Crippen LogP) is 0.538. The molecule has 0 aliphatic carbocycles. The number of aromatic nitrogens is 2. The molecular weight excluding hydrogens is 208 g/mol. The first kappa shape index (κ1) is 12.5. The Bertz CT molecular complexity index is 324. The third-order valence-corrected chi connectivity index (χ3v) is 2.07. The Morgan fingerprint density at radius 1 is 1.62 bits per heavy atom. The predicted molar refractivity (Wildman–Crippen MR) is 61.1 cm³/mol. The summed E-state index contributed by atoms with van der Waals surface area (Å²) in [5.74, 6) is -0.255. The number of hydrogen-bond donors (Lipinski definition) is 3. The van der Waals surface area contributed by atoms with Gasteiger partial charge in [-0.15, -0.1) is 0 Å². The van der Waals surface area contributed by atoms with Crippen molar-refractivity contribution in [3.8, 4) is 0 Å². The van der Waals surface area contributed by atoms with Crippen molar-refractivity contribution in [3.63, 3.8) is 0 Å². The number of nitrogen functional groups attached to an aromatic ring is 1. The fourth-order valence-corrected chi connectivity index (χ4v) is 1.15. The summed E-state index contributed by atoms with van der Waals surface area (Å²) in [5.41, 5.74) is 6.18. The van der Waals surface area contributed by atoms with E-state index in [0.29, 0.717) is 24.5 Å². The molecule has 0 saturated heterocycles. The van der Waals surface area contributed by atoms with Crippen LogP contribution in [0.5, 0.6) is 0 Å². The van der Waals surface area contributed by atoms with Crippen molar-refractivity contribution in [2.75, 3.05) is 25.5 Å². The van der Waals surface area contributed by atoms with Crippen LogP contribution in [0, 0.1) is 0 Å². The number of H-pyrrole nitrogens is 1. The van der Waals surface area contributed by atoms with E-state index in [9.17, 15) is 4.79 Å². The van der Waals surface area contributed by atoms with Crippen LogP contribution in [0.4, 0.5) is 5.69 Å². The lowest BCUT2D eigenvalue weighted by Crippen LogP contribution is -2.28. The molecule has 1 amide bonds. The highest BCUT2D eigenvalue weighted by Gasteiger charge is 2.10. The lowest BCUT2D eigenvalue weighted by molar-refractivity contribution is 0.0909. The standard InChI is InChI=1S/C10H18N4O2/c1-2-3-5-16-6-4-12-10(15)9-8(11)7-13-14-9/h7H,2-6,11H2,1H3,(H,12,15)(H,13,14). The van der Waals surface area contributed by atoms with Crippen molar-refractivity contribution in [1.82, 2.24) is 15.5 Å². The fraction of sp³-hybridized carbons (Fsp3) is 0.600. The van der Waals surface area contributed by atoms with Crippen LogP contribution >= 0.6 is 0 Å². The van der Waals surface area contributed by atoms with Crippen molar-refractivity contribution < 1.29 is 9.53 Å². The van der Waals surface area contributed by atoms with Crippen LogP contribution in [0.25, 0.3) is 0 Å². The molecule has 1 aromatic heterocycles. The van der Waals surface area contributed by atoms with E-state index in [1.165, 1.54) is 6.20 Å². The number of nitrogens with one attached hydrogen (secondary N) is 2. The first-order valence-electron chi connectivity index (χ1n) is 5.40. The van der Waals surface area contributed by atoms with Gasteiger partial charge >= 0.3 is 0 Å². The molecule has 0 radical (unpaired) electrons. The van der Waals surface area contributed by atoms with E-state index in [1.807, 2.05) is 0 Å². The average Bonchev–Trinajstić information content (AvgIpc) is 2.69. The van der Waals surface area contributed by atoms with Gasteiger partial charge < -0.3 is 15.8 Å². The lowest BCUT2D eigenvalue weighted by atomic mass is 10.3. The molecule has 0 atom stereocenters. The SMILES string of the molecule is CCCCOCCNC(=O)c1[nH]ncc1N. The van der Waals surface area contributed by atoms with Gasteiger partial charge in [-0.05, 0) is 6.42 Å². The van der Waals surface area contributed by atoms with Crippen molar-refractivity contribution in [2.45, 2.75) is 19.8 Å². The van der Waals surface area contributed by atoms with Crippen LogP contribution in [-0.4, -0.2) is 35.9 Å². The minimum absolute atomic E-state index is 0.255. The van der Waals surface area contributed by atoms with Crippen molar-refractivity contribution >= 4 is 11.6 Å². The molecule has 1 rings (SSSR count). The number of nitrogens with zero attached hydrogens (tertiary/aromatic N) is 1. The van der Waals surface area contributed by atoms with Gasteiger partial charge in [0.2, 0.25) is 0 Å². The maximum Gasteiger partial charge on any atom is 0.271 e. The van der Waals surface area contributed by atoms with E-state index in [0.717, 1.165) is 19.4 Å². The van der Waals surface area contributed by atoms with Crippen LogP contribution in [0.1, 0.15) is 30.3 Å². The molecule has 4 N–H and O–H groups in total. The number of hydrogen-bond acceptors (Lipinski definition) is 4. The maximum absolute atomic E-state index is 11.5. The van der Waals surface area contributed by atoms with Crippen molar-refractivity contribution in [2.24, 2.45) is 0 Å². The van der Waals surface area contributed by atoms with Crippen molar-refractivity contribution in [1.29, 1.82) is 0 Å². The number of ether oxygens (including phenoxy) is 1. The van der Waals surface area contributed by atoms with Gasteiger partial charge in [-0.25, -0.2) is 0 Å². The molecule has 0 fully saturated rings. The van der Waals surface area contributed by atoms with Crippen molar-refractivity contribution in [3.05, 3.63) is 11.9 Å². The second-order valence-electron chi connectivity index (χ2n) is 3.42. The number of aromatic amines is 1. The van der Waals surface area contributed by atoms with E-state index >= 15 is 0 Å². The number of unbranched alkanes of at least 4 members (excludes halogenated alkanes) is 1. The van der Waals surface area contributed by atoms with E-state index < -0.39 is 0 Å². The summed E-state index contributed by atoms with van der Waals surface area (Å²) in [4.78, 5) is 11.5. The largest absolute Gasteiger partial charge is 0.396 e. The quantitative estimate of drug-likeness (QED) is 0.591. The van der Waals surface area contributed by atoms with Gasteiger partial charge in [-0.3, -0.25) is 9.89 Å². The second-order valence-corrected chi connectivity index (χ2v) is 3.42. The molecule has 16 heavy (non-hydrogen) atoms. The summed E-state index contributed by atoms with van der Waals surface area (Å²) in [6.45, 7) is 3.82. The van der Waals surface area contributed by atoms with Gasteiger partial charge in [0.25, 0.3) is 5.91 Å². The minimum atomic E-state index is -0.255. The van der Waals surface area contributed by atoms with Gasteiger partial charge in [0, 0.05) is 13.2 Å². The molecule has 90 valence electrons. The summed E-state index contributed by atoms with van der Waals surface area (Å²) in [7, 11) is 0.